The van der Waals surface area contributed by atoms with Crippen LogP contribution >= 0.6 is 0 Å². The molecule has 148 valence electrons. The third-order valence-electron chi connectivity index (χ3n) is 6.42. The zero-order valence-electron chi connectivity index (χ0n) is 16.8. The van der Waals surface area contributed by atoms with E-state index in [1.165, 1.54) is 30.4 Å². The molecule has 2 heterocycles. The molecule has 0 N–H and O–H groups in total. The third-order valence-corrected chi connectivity index (χ3v) is 6.42. The van der Waals surface area contributed by atoms with E-state index in [1.54, 1.807) is 0 Å². The highest BCUT2D eigenvalue weighted by atomic mass is 16.1. The molecule has 2 saturated heterocycles. The van der Waals surface area contributed by atoms with Crippen molar-refractivity contribution in [1.82, 2.24) is 9.80 Å². The smallest absolute Gasteiger partial charge is 0.163 e. The fourth-order valence-electron chi connectivity index (χ4n) is 4.82. The van der Waals surface area contributed by atoms with Crippen LogP contribution in [0.15, 0.2) is 60.7 Å². The van der Waals surface area contributed by atoms with Gasteiger partial charge >= 0.3 is 0 Å². The molecule has 0 amide bonds. The van der Waals surface area contributed by atoms with Crippen LogP contribution in [0.25, 0.3) is 0 Å². The molecule has 2 aliphatic rings. The second kappa shape index (κ2) is 9.49. The highest BCUT2D eigenvalue weighted by Gasteiger charge is 2.32. The molecule has 0 aromatic heterocycles. The van der Waals surface area contributed by atoms with Crippen LogP contribution in [0, 0.1) is 5.92 Å². The van der Waals surface area contributed by atoms with Gasteiger partial charge in [-0.25, -0.2) is 0 Å². The van der Waals surface area contributed by atoms with Crippen molar-refractivity contribution in [3.05, 3.63) is 71.8 Å². The number of hydrogen-bond donors (Lipinski definition) is 0. The first-order valence-electron chi connectivity index (χ1n) is 10.8. The molecule has 0 saturated carbocycles. The fraction of sp³-hybridized carbons (Fsp3) is 0.480. The van der Waals surface area contributed by atoms with Crippen molar-refractivity contribution in [1.29, 1.82) is 0 Å². The fourth-order valence-corrected chi connectivity index (χ4v) is 4.82. The van der Waals surface area contributed by atoms with E-state index in [2.05, 4.69) is 70.5 Å². The van der Waals surface area contributed by atoms with Crippen molar-refractivity contribution >= 4 is 5.78 Å². The number of Topliss-reactive ketones (excluding diaryl/α,β-unsaturated/α-hetero) is 1. The Bertz CT molecular complexity index is 738. The van der Waals surface area contributed by atoms with E-state index < -0.39 is 0 Å². The molecule has 4 rings (SSSR count). The lowest BCUT2D eigenvalue weighted by atomic mass is 9.90. The Labute approximate surface area is 169 Å². The molecule has 2 aromatic rings. The topological polar surface area (TPSA) is 23.6 Å². The highest BCUT2D eigenvalue weighted by molar-refractivity contribution is 5.86. The van der Waals surface area contributed by atoms with Crippen LogP contribution < -0.4 is 0 Å². The molecule has 28 heavy (non-hydrogen) atoms. The van der Waals surface area contributed by atoms with Crippen molar-refractivity contribution < 1.29 is 4.79 Å². The highest BCUT2D eigenvalue weighted by Crippen LogP contribution is 2.24. The Kier molecular flexibility index (Phi) is 6.56. The summed E-state index contributed by atoms with van der Waals surface area (Å²) in [4.78, 5) is 17.8. The minimum Gasteiger partial charge on any atom is -0.296 e. The van der Waals surface area contributed by atoms with Gasteiger partial charge in [-0.3, -0.25) is 14.6 Å². The molecule has 3 nitrogen and oxygen atoms in total. The lowest BCUT2D eigenvalue weighted by molar-refractivity contribution is -0.125. The average molecular weight is 377 g/mol. The number of nitrogens with zero attached hydrogens (tertiary/aromatic N) is 2. The number of carbonyl (C=O) groups is 1. The number of ketones is 1. The molecule has 2 aliphatic heterocycles. The molecule has 3 heteroatoms. The minimum atomic E-state index is 0.113. The van der Waals surface area contributed by atoms with Crippen LogP contribution in [0.5, 0.6) is 0 Å². The third kappa shape index (κ3) is 5.09. The molecule has 0 unspecified atom stereocenters. The van der Waals surface area contributed by atoms with Gasteiger partial charge in [0.25, 0.3) is 0 Å². The predicted molar refractivity (Wildman–Crippen MR) is 114 cm³/mol. The van der Waals surface area contributed by atoms with Crippen LogP contribution in [-0.4, -0.2) is 47.8 Å². The second-order valence-corrected chi connectivity index (χ2v) is 8.49. The molecule has 0 spiro atoms. The number of benzene rings is 2. The summed E-state index contributed by atoms with van der Waals surface area (Å²) >= 11 is 0. The molecule has 0 radical (unpaired) electrons. The van der Waals surface area contributed by atoms with Gasteiger partial charge in [-0.05, 0) is 68.8 Å². The van der Waals surface area contributed by atoms with Crippen molar-refractivity contribution in [3.8, 4) is 0 Å². The second-order valence-electron chi connectivity index (χ2n) is 8.49. The number of piperidine rings is 1. The number of carbonyl (C=O) groups excluding carboxylic acids is 1. The van der Waals surface area contributed by atoms with Crippen LogP contribution in [0.1, 0.15) is 36.8 Å². The predicted octanol–water partition coefficient (Wildman–Crippen LogP) is 4.17. The first kappa shape index (κ1) is 19.4. The van der Waals surface area contributed by atoms with E-state index in [4.69, 9.17) is 0 Å². The van der Waals surface area contributed by atoms with E-state index in [-0.39, 0.29) is 6.04 Å². The van der Waals surface area contributed by atoms with Crippen LogP contribution in [0.2, 0.25) is 0 Å². The number of hydrogen-bond acceptors (Lipinski definition) is 3. The van der Waals surface area contributed by atoms with Gasteiger partial charge in [0, 0.05) is 6.54 Å². The van der Waals surface area contributed by atoms with E-state index in [0.29, 0.717) is 12.3 Å². The van der Waals surface area contributed by atoms with Gasteiger partial charge in [-0.2, -0.15) is 0 Å². The van der Waals surface area contributed by atoms with Gasteiger partial charge in [-0.15, -0.1) is 0 Å². The molecule has 0 aliphatic carbocycles. The number of likely N-dealkylation sites (tertiary alicyclic amines) is 2. The van der Waals surface area contributed by atoms with E-state index >= 15 is 0 Å². The summed E-state index contributed by atoms with van der Waals surface area (Å²) in [6.07, 6.45) is 5.76. The maximum absolute atomic E-state index is 13.0. The quantitative estimate of drug-likeness (QED) is 0.724. The van der Waals surface area contributed by atoms with Gasteiger partial charge in [0.15, 0.2) is 5.78 Å². The maximum Gasteiger partial charge on any atom is 0.163 e. The lowest BCUT2D eigenvalue weighted by Gasteiger charge is -2.33. The molecular formula is C25H32N2O. The summed E-state index contributed by atoms with van der Waals surface area (Å²) in [5.74, 6) is 1.18. The Morgan fingerprint density at radius 3 is 2.14 bits per heavy atom. The summed E-state index contributed by atoms with van der Waals surface area (Å²) in [5, 5.41) is 0. The summed E-state index contributed by atoms with van der Waals surface area (Å²) in [7, 11) is 0. The summed E-state index contributed by atoms with van der Waals surface area (Å²) < 4.78 is 0. The molecule has 1 atom stereocenters. The van der Waals surface area contributed by atoms with Crippen LogP contribution in [-0.2, 0) is 17.8 Å². The van der Waals surface area contributed by atoms with Crippen molar-refractivity contribution in [2.45, 2.75) is 44.7 Å². The first-order valence-corrected chi connectivity index (χ1v) is 10.8. The Morgan fingerprint density at radius 1 is 0.821 bits per heavy atom. The zero-order chi connectivity index (χ0) is 19.2. The Morgan fingerprint density at radius 2 is 1.46 bits per heavy atom. The van der Waals surface area contributed by atoms with Crippen molar-refractivity contribution in [3.63, 3.8) is 0 Å². The van der Waals surface area contributed by atoms with Gasteiger partial charge in [0.2, 0.25) is 0 Å². The van der Waals surface area contributed by atoms with Crippen molar-refractivity contribution in [2.24, 2.45) is 5.92 Å². The van der Waals surface area contributed by atoms with Gasteiger partial charge < -0.3 is 0 Å². The van der Waals surface area contributed by atoms with Crippen LogP contribution in [0.3, 0.4) is 0 Å². The minimum absolute atomic E-state index is 0.113. The summed E-state index contributed by atoms with van der Waals surface area (Å²) in [6, 6.07) is 21.5. The molecule has 2 aromatic carbocycles. The standard InChI is InChI=1S/C25H32N2O/c28-25(24-12-7-15-27(24)19-23-10-5-2-6-11-23)20-26-16-13-22(14-17-26)18-21-8-3-1-4-9-21/h1-6,8-11,22,24H,7,12-20H2/t24-/m1/s1. The van der Waals surface area contributed by atoms with E-state index in [1.807, 2.05) is 0 Å². The molecular weight excluding hydrogens is 344 g/mol. The normalized spacial score (nSPS) is 21.8. The largest absolute Gasteiger partial charge is 0.296 e. The molecule has 0 bridgehead atoms. The average Bonchev–Trinajstić information content (AvgIpc) is 3.19. The van der Waals surface area contributed by atoms with Gasteiger partial charge in [0.1, 0.15) is 0 Å². The Balaban J connectivity index is 1.25. The maximum atomic E-state index is 13.0. The zero-order valence-corrected chi connectivity index (χ0v) is 16.8. The summed E-state index contributed by atoms with van der Waals surface area (Å²) in [6.45, 7) is 4.71. The molecule has 2 fully saturated rings. The van der Waals surface area contributed by atoms with E-state index in [0.717, 1.165) is 44.9 Å². The van der Waals surface area contributed by atoms with Crippen LogP contribution in [0.4, 0.5) is 0 Å². The SMILES string of the molecule is O=C(CN1CCC(Cc2ccccc2)CC1)[C@H]1CCCN1Cc1ccccc1. The van der Waals surface area contributed by atoms with Crippen molar-refractivity contribution in [2.75, 3.05) is 26.2 Å². The first-order chi connectivity index (χ1) is 13.8. The van der Waals surface area contributed by atoms with Gasteiger partial charge in [-0.1, -0.05) is 60.7 Å². The van der Waals surface area contributed by atoms with Gasteiger partial charge in [0.05, 0.1) is 12.6 Å². The number of rotatable bonds is 7. The lowest BCUT2D eigenvalue weighted by Crippen LogP contribution is -2.44. The summed E-state index contributed by atoms with van der Waals surface area (Å²) in [5.41, 5.74) is 2.75. The Hall–Kier alpha value is -1.97. The monoisotopic (exact) mass is 376 g/mol. The van der Waals surface area contributed by atoms with E-state index in [9.17, 15) is 4.79 Å².